The molecule has 0 aromatic carbocycles. The molecule has 2 aliphatic rings. The quantitative estimate of drug-likeness (QED) is 0.762. The molecule has 0 aromatic heterocycles. The van der Waals surface area contributed by atoms with Crippen LogP contribution in [-0.4, -0.2) is 35.7 Å². The fourth-order valence-corrected chi connectivity index (χ4v) is 2.98. The SMILES string of the molecule is CC1(C)CC(NC2CCC(=O)NC2)C(C)(C)O1. The highest BCUT2D eigenvalue weighted by atomic mass is 16.5. The first-order valence-corrected chi connectivity index (χ1v) is 6.51. The van der Waals surface area contributed by atoms with Crippen LogP contribution in [0.2, 0.25) is 0 Å². The molecule has 4 nitrogen and oxygen atoms in total. The van der Waals surface area contributed by atoms with E-state index in [0.717, 1.165) is 19.4 Å². The van der Waals surface area contributed by atoms with Gasteiger partial charge < -0.3 is 15.4 Å². The highest BCUT2D eigenvalue weighted by Gasteiger charge is 2.46. The molecule has 17 heavy (non-hydrogen) atoms. The van der Waals surface area contributed by atoms with Crippen LogP contribution in [0.1, 0.15) is 47.0 Å². The Hall–Kier alpha value is -0.610. The van der Waals surface area contributed by atoms with Crippen molar-refractivity contribution >= 4 is 5.91 Å². The lowest BCUT2D eigenvalue weighted by Crippen LogP contribution is -2.53. The molecule has 0 radical (unpaired) electrons. The number of hydrogen-bond acceptors (Lipinski definition) is 3. The first-order valence-electron chi connectivity index (χ1n) is 6.51. The van der Waals surface area contributed by atoms with E-state index in [1.165, 1.54) is 0 Å². The number of amides is 1. The van der Waals surface area contributed by atoms with E-state index in [1.807, 2.05) is 0 Å². The molecule has 2 unspecified atom stereocenters. The summed E-state index contributed by atoms with van der Waals surface area (Å²) in [6.07, 6.45) is 2.58. The van der Waals surface area contributed by atoms with Crippen molar-refractivity contribution in [3.8, 4) is 0 Å². The molecular formula is C13H24N2O2. The van der Waals surface area contributed by atoms with Gasteiger partial charge >= 0.3 is 0 Å². The average Bonchev–Trinajstić information content (AvgIpc) is 2.38. The third-order valence-corrected chi connectivity index (χ3v) is 3.78. The minimum Gasteiger partial charge on any atom is -0.368 e. The van der Waals surface area contributed by atoms with Crippen LogP contribution in [-0.2, 0) is 9.53 Å². The van der Waals surface area contributed by atoms with Crippen LogP contribution in [0.15, 0.2) is 0 Å². The number of piperidine rings is 1. The Morgan fingerprint density at radius 2 is 2.06 bits per heavy atom. The van der Waals surface area contributed by atoms with Gasteiger partial charge in [0.05, 0.1) is 11.2 Å². The fraction of sp³-hybridized carbons (Fsp3) is 0.923. The lowest BCUT2D eigenvalue weighted by Gasteiger charge is -2.32. The largest absolute Gasteiger partial charge is 0.368 e. The van der Waals surface area contributed by atoms with Crippen molar-refractivity contribution in [1.82, 2.24) is 10.6 Å². The average molecular weight is 240 g/mol. The predicted molar refractivity (Wildman–Crippen MR) is 66.8 cm³/mol. The summed E-state index contributed by atoms with van der Waals surface area (Å²) in [6.45, 7) is 9.30. The van der Waals surface area contributed by atoms with Gasteiger partial charge in [0.1, 0.15) is 0 Å². The molecular weight excluding hydrogens is 216 g/mol. The number of rotatable bonds is 2. The second-order valence-corrected chi connectivity index (χ2v) is 6.43. The summed E-state index contributed by atoms with van der Waals surface area (Å²) in [4.78, 5) is 11.1. The monoisotopic (exact) mass is 240 g/mol. The second kappa shape index (κ2) is 4.25. The Morgan fingerprint density at radius 3 is 2.53 bits per heavy atom. The maximum absolute atomic E-state index is 11.1. The summed E-state index contributed by atoms with van der Waals surface area (Å²) in [5, 5.41) is 6.56. The molecule has 2 heterocycles. The molecule has 2 saturated heterocycles. The summed E-state index contributed by atoms with van der Waals surface area (Å²) < 4.78 is 6.06. The number of ether oxygens (including phenoxy) is 1. The normalized spacial score (nSPS) is 35.6. The van der Waals surface area contributed by atoms with Gasteiger partial charge in [-0.15, -0.1) is 0 Å². The first kappa shape index (κ1) is 12.8. The molecule has 2 fully saturated rings. The summed E-state index contributed by atoms with van der Waals surface area (Å²) >= 11 is 0. The van der Waals surface area contributed by atoms with Gasteiger partial charge in [0, 0.05) is 25.0 Å². The number of hydrogen-bond donors (Lipinski definition) is 2. The van der Waals surface area contributed by atoms with Crippen LogP contribution in [0.25, 0.3) is 0 Å². The fourth-order valence-electron chi connectivity index (χ4n) is 2.98. The van der Waals surface area contributed by atoms with E-state index in [1.54, 1.807) is 0 Å². The van der Waals surface area contributed by atoms with Gasteiger partial charge in [0.2, 0.25) is 5.91 Å². The second-order valence-electron chi connectivity index (χ2n) is 6.43. The number of nitrogens with one attached hydrogen (secondary N) is 2. The van der Waals surface area contributed by atoms with Crippen LogP contribution in [0.3, 0.4) is 0 Å². The van der Waals surface area contributed by atoms with E-state index in [9.17, 15) is 4.79 Å². The maximum atomic E-state index is 11.1. The zero-order valence-electron chi connectivity index (χ0n) is 11.3. The van der Waals surface area contributed by atoms with Crippen LogP contribution in [0.5, 0.6) is 0 Å². The van der Waals surface area contributed by atoms with Crippen molar-refractivity contribution in [3.05, 3.63) is 0 Å². The van der Waals surface area contributed by atoms with Crippen LogP contribution >= 0.6 is 0 Å². The first-order chi connectivity index (χ1) is 7.78. The van der Waals surface area contributed by atoms with Gasteiger partial charge in [-0.1, -0.05) is 0 Å². The highest BCUT2D eigenvalue weighted by Crippen LogP contribution is 2.37. The summed E-state index contributed by atoms with van der Waals surface area (Å²) in [6, 6.07) is 0.743. The van der Waals surface area contributed by atoms with Crippen molar-refractivity contribution in [1.29, 1.82) is 0 Å². The molecule has 2 rings (SSSR count). The molecule has 2 N–H and O–H groups in total. The van der Waals surface area contributed by atoms with Gasteiger partial charge in [-0.3, -0.25) is 4.79 Å². The topological polar surface area (TPSA) is 50.4 Å². The Kier molecular flexibility index (Phi) is 3.21. The maximum Gasteiger partial charge on any atom is 0.220 e. The smallest absolute Gasteiger partial charge is 0.220 e. The van der Waals surface area contributed by atoms with E-state index in [0.29, 0.717) is 18.5 Å². The van der Waals surface area contributed by atoms with Crippen molar-refractivity contribution in [2.75, 3.05) is 6.54 Å². The van der Waals surface area contributed by atoms with Crippen molar-refractivity contribution < 1.29 is 9.53 Å². The Labute approximate surface area is 103 Å². The molecule has 2 aliphatic heterocycles. The summed E-state index contributed by atoms with van der Waals surface area (Å²) in [5.41, 5.74) is -0.190. The molecule has 0 bridgehead atoms. The lowest BCUT2D eigenvalue weighted by molar-refractivity contribution is -0.122. The molecule has 1 amide bonds. The van der Waals surface area contributed by atoms with E-state index >= 15 is 0 Å². The third-order valence-electron chi connectivity index (χ3n) is 3.78. The Bertz CT molecular complexity index is 303. The standard InChI is InChI=1S/C13H24N2O2/c1-12(2)7-10(13(3,4)17-12)15-9-5-6-11(16)14-8-9/h9-10,15H,5-8H2,1-4H3,(H,14,16). The number of carbonyl (C=O) groups excluding carboxylic acids is 1. The van der Waals surface area contributed by atoms with Crippen LogP contribution in [0, 0.1) is 0 Å². The van der Waals surface area contributed by atoms with Gasteiger partial charge in [-0.05, 0) is 40.5 Å². The third kappa shape index (κ3) is 2.99. The summed E-state index contributed by atoms with van der Waals surface area (Å²) in [7, 11) is 0. The van der Waals surface area contributed by atoms with E-state index in [-0.39, 0.29) is 17.1 Å². The predicted octanol–water partition coefficient (Wildman–Crippen LogP) is 1.20. The van der Waals surface area contributed by atoms with Crippen molar-refractivity contribution in [2.45, 2.75) is 70.2 Å². The Balaban J connectivity index is 1.93. The van der Waals surface area contributed by atoms with Crippen LogP contribution in [0.4, 0.5) is 0 Å². The van der Waals surface area contributed by atoms with Gasteiger partial charge in [0.25, 0.3) is 0 Å². The van der Waals surface area contributed by atoms with Crippen molar-refractivity contribution in [3.63, 3.8) is 0 Å². The molecule has 0 saturated carbocycles. The van der Waals surface area contributed by atoms with Gasteiger partial charge in [-0.25, -0.2) is 0 Å². The van der Waals surface area contributed by atoms with Gasteiger partial charge in [0.15, 0.2) is 0 Å². The van der Waals surface area contributed by atoms with E-state index in [2.05, 4.69) is 38.3 Å². The van der Waals surface area contributed by atoms with Crippen LogP contribution < -0.4 is 10.6 Å². The van der Waals surface area contributed by atoms with E-state index < -0.39 is 0 Å². The van der Waals surface area contributed by atoms with E-state index in [4.69, 9.17) is 4.74 Å². The highest BCUT2D eigenvalue weighted by molar-refractivity contribution is 5.76. The number of carbonyl (C=O) groups is 1. The molecule has 0 aliphatic carbocycles. The summed E-state index contributed by atoms with van der Waals surface area (Å²) in [5.74, 6) is 0.172. The molecule has 0 aromatic rings. The lowest BCUT2D eigenvalue weighted by atomic mass is 9.93. The van der Waals surface area contributed by atoms with Crippen molar-refractivity contribution in [2.24, 2.45) is 0 Å². The minimum atomic E-state index is -0.134. The molecule has 98 valence electrons. The molecule has 4 heteroatoms. The Morgan fingerprint density at radius 1 is 1.35 bits per heavy atom. The molecule has 0 spiro atoms. The minimum absolute atomic E-state index is 0.0565. The zero-order chi connectivity index (χ0) is 12.7. The molecule has 2 atom stereocenters. The zero-order valence-corrected chi connectivity index (χ0v) is 11.3. The van der Waals surface area contributed by atoms with Gasteiger partial charge in [-0.2, -0.15) is 0 Å².